The smallest absolute Gasteiger partial charge is 0.337 e. The first-order chi connectivity index (χ1) is 14.1. The average molecular weight is 401 g/mol. The Morgan fingerprint density at radius 3 is 1.90 bits per heavy atom. The van der Waals surface area contributed by atoms with Crippen molar-refractivity contribution in [2.24, 2.45) is 0 Å². The molecule has 0 aliphatic heterocycles. The first-order valence-electron chi connectivity index (χ1n) is 11.3. The normalized spacial score (nSPS) is 18.6. The van der Waals surface area contributed by atoms with Crippen molar-refractivity contribution < 1.29 is 14.3 Å². The van der Waals surface area contributed by atoms with Gasteiger partial charge in [0, 0.05) is 18.6 Å². The van der Waals surface area contributed by atoms with Crippen molar-refractivity contribution in [3.63, 3.8) is 0 Å². The molecule has 29 heavy (non-hydrogen) atoms. The SMILES string of the molecule is COC(=O)c1ccc(CN(C)CC(=O)N(C2CCCCC2)C2CCCCC2)cc1. The number of amides is 1. The van der Waals surface area contributed by atoms with Gasteiger partial charge in [-0.1, -0.05) is 50.7 Å². The fourth-order valence-electron chi connectivity index (χ4n) is 4.97. The molecule has 160 valence electrons. The summed E-state index contributed by atoms with van der Waals surface area (Å²) < 4.78 is 4.75. The number of hydrogen-bond donors (Lipinski definition) is 0. The van der Waals surface area contributed by atoms with Gasteiger partial charge in [-0.15, -0.1) is 0 Å². The van der Waals surface area contributed by atoms with E-state index in [1.165, 1.54) is 71.3 Å². The molecule has 2 saturated carbocycles. The largest absolute Gasteiger partial charge is 0.465 e. The molecule has 0 spiro atoms. The molecule has 0 saturated heterocycles. The quantitative estimate of drug-likeness (QED) is 0.637. The van der Waals surface area contributed by atoms with Crippen molar-refractivity contribution in [1.29, 1.82) is 0 Å². The molecule has 1 amide bonds. The lowest BCUT2D eigenvalue weighted by Gasteiger charge is -2.42. The van der Waals surface area contributed by atoms with E-state index in [2.05, 4.69) is 9.80 Å². The van der Waals surface area contributed by atoms with Crippen LogP contribution in [0.2, 0.25) is 0 Å². The molecular weight excluding hydrogens is 364 g/mol. The number of carbonyl (C=O) groups excluding carboxylic acids is 2. The second-order valence-corrected chi connectivity index (χ2v) is 8.75. The van der Waals surface area contributed by atoms with Gasteiger partial charge in [-0.2, -0.15) is 0 Å². The minimum absolute atomic E-state index is 0.289. The minimum Gasteiger partial charge on any atom is -0.465 e. The van der Waals surface area contributed by atoms with Crippen LogP contribution >= 0.6 is 0 Å². The zero-order chi connectivity index (χ0) is 20.6. The molecular formula is C24H36N2O3. The maximum absolute atomic E-state index is 13.3. The maximum atomic E-state index is 13.3. The number of esters is 1. The van der Waals surface area contributed by atoms with E-state index in [1.807, 2.05) is 19.2 Å². The van der Waals surface area contributed by atoms with E-state index >= 15 is 0 Å². The van der Waals surface area contributed by atoms with Crippen LogP contribution in [0.3, 0.4) is 0 Å². The van der Waals surface area contributed by atoms with Gasteiger partial charge in [-0.05, 0) is 50.4 Å². The Kier molecular flexibility index (Phi) is 8.10. The van der Waals surface area contributed by atoms with E-state index in [-0.39, 0.29) is 11.9 Å². The van der Waals surface area contributed by atoms with Gasteiger partial charge < -0.3 is 9.64 Å². The number of methoxy groups -OCH3 is 1. The Morgan fingerprint density at radius 1 is 0.897 bits per heavy atom. The van der Waals surface area contributed by atoms with Gasteiger partial charge in [-0.3, -0.25) is 9.69 Å². The van der Waals surface area contributed by atoms with Crippen LogP contribution in [0.4, 0.5) is 0 Å². The van der Waals surface area contributed by atoms with Crippen molar-refractivity contribution >= 4 is 11.9 Å². The number of nitrogens with zero attached hydrogens (tertiary/aromatic N) is 2. The van der Waals surface area contributed by atoms with Gasteiger partial charge in [-0.25, -0.2) is 4.79 Å². The van der Waals surface area contributed by atoms with Gasteiger partial charge >= 0.3 is 5.97 Å². The lowest BCUT2D eigenvalue weighted by Crippen LogP contribution is -2.51. The van der Waals surface area contributed by atoms with E-state index in [0.717, 1.165) is 5.56 Å². The summed E-state index contributed by atoms with van der Waals surface area (Å²) in [5, 5.41) is 0. The first-order valence-corrected chi connectivity index (χ1v) is 11.3. The molecule has 2 aliphatic rings. The van der Waals surface area contributed by atoms with Crippen LogP contribution in [-0.2, 0) is 16.1 Å². The van der Waals surface area contributed by atoms with E-state index in [4.69, 9.17) is 4.74 Å². The number of likely N-dealkylation sites (N-methyl/N-ethyl adjacent to an activating group) is 1. The Balaban J connectivity index is 1.60. The average Bonchev–Trinajstić information content (AvgIpc) is 2.75. The van der Waals surface area contributed by atoms with Crippen LogP contribution in [0.15, 0.2) is 24.3 Å². The summed E-state index contributed by atoms with van der Waals surface area (Å²) in [7, 11) is 3.39. The van der Waals surface area contributed by atoms with Gasteiger partial charge in [0.15, 0.2) is 0 Å². The molecule has 0 atom stereocenters. The molecule has 5 nitrogen and oxygen atoms in total. The van der Waals surface area contributed by atoms with Crippen LogP contribution in [0.25, 0.3) is 0 Å². The Labute approximate surface area is 175 Å². The molecule has 5 heteroatoms. The van der Waals surface area contributed by atoms with Gasteiger partial charge in [0.1, 0.15) is 0 Å². The van der Waals surface area contributed by atoms with E-state index < -0.39 is 0 Å². The highest BCUT2D eigenvalue weighted by molar-refractivity contribution is 5.89. The molecule has 0 heterocycles. The predicted molar refractivity (Wildman–Crippen MR) is 115 cm³/mol. The number of ether oxygens (including phenoxy) is 1. The second-order valence-electron chi connectivity index (χ2n) is 8.75. The summed E-state index contributed by atoms with van der Waals surface area (Å²) >= 11 is 0. The van der Waals surface area contributed by atoms with E-state index in [1.54, 1.807) is 12.1 Å². The molecule has 3 rings (SSSR count). The van der Waals surface area contributed by atoms with Crippen LogP contribution in [0, 0.1) is 0 Å². The highest BCUT2D eigenvalue weighted by Gasteiger charge is 2.32. The summed E-state index contributed by atoms with van der Waals surface area (Å²) in [5.41, 5.74) is 1.64. The Hall–Kier alpha value is -1.88. The predicted octanol–water partition coefficient (Wildman–Crippen LogP) is 4.40. The van der Waals surface area contributed by atoms with Crippen LogP contribution in [0.5, 0.6) is 0 Å². The van der Waals surface area contributed by atoms with E-state index in [0.29, 0.717) is 30.7 Å². The molecule has 2 fully saturated rings. The van der Waals surface area contributed by atoms with Gasteiger partial charge in [0.05, 0.1) is 19.2 Å². The molecule has 0 bridgehead atoms. The van der Waals surface area contributed by atoms with Gasteiger partial charge in [0.2, 0.25) is 5.91 Å². The monoisotopic (exact) mass is 400 g/mol. The highest BCUT2D eigenvalue weighted by Crippen LogP contribution is 2.30. The minimum atomic E-state index is -0.323. The summed E-state index contributed by atoms with van der Waals surface area (Å²) in [6.07, 6.45) is 12.3. The van der Waals surface area contributed by atoms with Crippen molar-refractivity contribution in [3.05, 3.63) is 35.4 Å². The molecule has 0 radical (unpaired) electrons. The van der Waals surface area contributed by atoms with Crippen molar-refractivity contribution in [1.82, 2.24) is 9.80 Å². The summed E-state index contributed by atoms with van der Waals surface area (Å²) in [6.45, 7) is 1.14. The van der Waals surface area contributed by atoms with Gasteiger partial charge in [0.25, 0.3) is 0 Å². The fraction of sp³-hybridized carbons (Fsp3) is 0.667. The lowest BCUT2D eigenvalue weighted by molar-refractivity contribution is -0.139. The zero-order valence-corrected chi connectivity index (χ0v) is 18.1. The number of rotatable bonds is 7. The van der Waals surface area contributed by atoms with Crippen molar-refractivity contribution in [2.75, 3.05) is 20.7 Å². The lowest BCUT2D eigenvalue weighted by atomic mass is 9.88. The third kappa shape index (κ3) is 6.05. The van der Waals surface area contributed by atoms with Crippen LogP contribution in [0.1, 0.15) is 80.1 Å². The first kappa shape index (κ1) is 21.8. The third-order valence-corrected chi connectivity index (χ3v) is 6.46. The van der Waals surface area contributed by atoms with Crippen molar-refractivity contribution in [3.8, 4) is 0 Å². The topological polar surface area (TPSA) is 49.9 Å². The third-order valence-electron chi connectivity index (χ3n) is 6.46. The molecule has 1 aromatic carbocycles. The highest BCUT2D eigenvalue weighted by atomic mass is 16.5. The Morgan fingerprint density at radius 2 is 1.41 bits per heavy atom. The second kappa shape index (κ2) is 10.8. The van der Waals surface area contributed by atoms with Crippen LogP contribution in [-0.4, -0.2) is 54.5 Å². The summed E-state index contributed by atoms with van der Waals surface area (Å²) in [6, 6.07) is 8.32. The molecule has 0 unspecified atom stereocenters. The molecule has 0 aromatic heterocycles. The Bertz CT molecular complexity index is 643. The summed E-state index contributed by atoms with van der Waals surface area (Å²) in [4.78, 5) is 29.3. The zero-order valence-electron chi connectivity index (χ0n) is 18.1. The van der Waals surface area contributed by atoms with E-state index in [9.17, 15) is 9.59 Å². The number of hydrogen-bond acceptors (Lipinski definition) is 4. The van der Waals surface area contributed by atoms with Crippen molar-refractivity contribution in [2.45, 2.75) is 82.8 Å². The number of carbonyl (C=O) groups is 2. The fourth-order valence-corrected chi connectivity index (χ4v) is 4.97. The summed E-state index contributed by atoms with van der Waals surface area (Å²) in [5.74, 6) is -0.0341. The standard InChI is InChI=1S/C24H36N2O3/c1-25(17-19-13-15-20(16-14-19)24(28)29-2)18-23(27)26(21-9-5-3-6-10-21)22-11-7-4-8-12-22/h13-16,21-22H,3-12,17-18H2,1-2H3. The van der Waals surface area contributed by atoms with Crippen LogP contribution < -0.4 is 0 Å². The molecule has 2 aliphatic carbocycles. The molecule has 1 aromatic rings. The maximum Gasteiger partial charge on any atom is 0.337 e. The molecule has 0 N–H and O–H groups in total. The number of benzene rings is 1.